The highest BCUT2D eigenvalue weighted by Gasteiger charge is 2.18. The maximum atomic E-state index is 12.2. The molecule has 0 spiro atoms. The van der Waals surface area contributed by atoms with Crippen LogP contribution in [0.2, 0.25) is 0 Å². The van der Waals surface area contributed by atoms with Gasteiger partial charge in [0.1, 0.15) is 0 Å². The molecule has 3 rings (SSSR count). The molecule has 1 aliphatic rings. The van der Waals surface area contributed by atoms with Crippen LogP contribution < -0.4 is 5.32 Å². The largest absolute Gasteiger partial charge is 0.350 e. The first kappa shape index (κ1) is 14.5. The average molecular weight is 296 g/mol. The number of hydrogen-bond donors (Lipinski definition) is 1. The molecule has 0 aliphatic heterocycles. The van der Waals surface area contributed by atoms with Gasteiger partial charge in [-0.15, -0.1) is 0 Å². The van der Waals surface area contributed by atoms with Crippen molar-refractivity contribution in [3.05, 3.63) is 48.4 Å². The molecular weight excluding hydrogens is 276 g/mol. The van der Waals surface area contributed by atoms with Gasteiger partial charge in [0.2, 0.25) is 5.91 Å². The number of nitrogens with one attached hydrogen (secondary N) is 1. The Labute approximate surface area is 130 Å². The first-order valence-corrected chi connectivity index (χ1v) is 7.60. The van der Waals surface area contributed by atoms with E-state index < -0.39 is 0 Å². The van der Waals surface area contributed by atoms with Gasteiger partial charge in [-0.3, -0.25) is 14.5 Å². The second-order valence-electron chi connectivity index (χ2n) is 5.59. The number of carbonyl (C=O) groups is 1. The van der Waals surface area contributed by atoms with Crippen LogP contribution in [0.25, 0.3) is 11.3 Å². The third kappa shape index (κ3) is 3.24. The van der Waals surface area contributed by atoms with Gasteiger partial charge in [-0.2, -0.15) is 5.10 Å². The van der Waals surface area contributed by atoms with E-state index in [0.29, 0.717) is 6.54 Å². The number of aryl methyl sites for hydroxylation is 1. The highest BCUT2D eigenvalue weighted by atomic mass is 16.1. The lowest BCUT2D eigenvalue weighted by atomic mass is 9.94. The molecule has 5 nitrogen and oxygen atoms in total. The molecule has 0 radical (unpaired) electrons. The van der Waals surface area contributed by atoms with E-state index in [2.05, 4.69) is 27.6 Å². The van der Waals surface area contributed by atoms with E-state index in [1.54, 1.807) is 12.4 Å². The van der Waals surface area contributed by atoms with Crippen LogP contribution in [0.15, 0.2) is 42.7 Å². The molecule has 0 bridgehead atoms. The number of aromatic nitrogens is 3. The first-order chi connectivity index (χ1) is 10.7. The fourth-order valence-electron chi connectivity index (χ4n) is 2.68. The zero-order valence-electron chi connectivity index (χ0n) is 12.7. The third-order valence-electron chi connectivity index (χ3n) is 4.02. The van der Waals surface area contributed by atoms with E-state index in [1.807, 2.05) is 29.9 Å². The molecule has 1 N–H and O–H groups in total. The van der Waals surface area contributed by atoms with Crippen molar-refractivity contribution in [2.24, 2.45) is 13.0 Å². The van der Waals surface area contributed by atoms with E-state index in [1.165, 1.54) is 0 Å². The molecule has 1 atom stereocenters. The summed E-state index contributed by atoms with van der Waals surface area (Å²) < 4.78 is 1.81. The summed E-state index contributed by atoms with van der Waals surface area (Å²) in [6, 6.07) is 5.87. The number of amides is 1. The average Bonchev–Trinajstić information content (AvgIpc) is 2.95. The summed E-state index contributed by atoms with van der Waals surface area (Å²) in [5, 5.41) is 7.51. The van der Waals surface area contributed by atoms with E-state index >= 15 is 0 Å². The van der Waals surface area contributed by atoms with Gasteiger partial charge in [0, 0.05) is 30.9 Å². The SMILES string of the molecule is Cn1nc(-c2cccnc2)cc1CNC(=O)[C@H]1CC=CCC1. The number of rotatable bonds is 4. The Morgan fingerprint density at radius 3 is 3.09 bits per heavy atom. The van der Waals surface area contributed by atoms with Crippen LogP contribution >= 0.6 is 0 Å². The maximum Gasteiger partial charge on any atom is 0.223 e. The highest BCUT2D eigenvalue weighted by molar-refractivity contribution is 5.79. The van der Waals surface area contributed by atoms with Gasteiger partial charge in [-0.05, 0) is 37.5 Å². The Hall–Kier alpha value is -2.43. The predicted octanol–water partition coefficient (Wildman–Crippen LogP) is 2.45. The van der Waals surface area contributed by atoms with Crippen LogP contribution in [0.4, 0.5) is 0 Å². The molecule has 1 aliphatic carbocycles. The number of nitrogens with zero attached hydrogens (tertiary/aromatic N) is 3. The zero-order valence-corrected chi connectivity index (χ0v) is 12.7. The number of carbonyl (C=O) groups excluding carboxylic acids is 1. The van der Waals surface area contributed by atoms with Crippen LogP contribution in [0.1, 0.15) is 25.0 Å². The molecule has 0 saturated heterocycles. The molecule has 0 unspecified atom stereocenters. The van der Waals surface area contributed by atoms with Crippen LogP contribution in [-0.2, 0) is 18.4 Å². The topological polar surface area (TPSA) is 59.8 Å². The van der Waals surface area contributed by atoms with E-state index in [0.717, 1.165) is 36.2 Å². The van der Waals surface area contributed by atoms with Crippen molar-refractivity contribution in [2.45, 2.75) is 25.8 Å². The minimum absolute atomic E-state index is 0.107. The maximum absolute atomic E-state index is 12.2. The second kappa shape index (κ2) is 6.56. The summed E-state index contributed by atoms with van der Waals surface area (Å²) in [6.45, 7) is 0.503. The number of hydrogen-bond acceptors (Lipinski definition) is 3. The molecule has 114 valence electrons. The summed E-state index contributed by atoms with van der Waals surface area (Å²) >= 11 is 0. The lowest BCUT2D eigenvalue weighted by molar-refractivity contribution is -0.125. The monoisotopic (exact) mass is 296 g/mol. The van der Waals surface area contributed by atoms with Gasteiger partial charge < -0.3 is 5.32 Å². The van der Waals surface area contributed by atoms with Crippen molar-refractivity contribution in [3.63, 3.8) is 0 Å². The van der Waals surface area contributed by atoms with Gasteiger partial charge in [0.25, 0.3) is 0 Å². The number of pyridine rings is 1. The van der Waals surface area contributed by atoms with Crippen molar-refractivity contribution in [1.29, 1.82) is 0 Å². The molecular formula is C17H20N4O. The van der Waals surface area contributed by atoms with Crippen molar-refractivity contribution < 1.29 is 4.79 Å². The van der Waals surface area contributed by atoms with Crippen molar-refractivity contribution in [2.75, 3.05) is 0 Å². The molecule has 0 fully saturated rings. The summed E-state index contributed by atoms with van der Waals surface area (Å²) in [7, 11) is 1.89. The summed E-state index contributed by atoms with van der Waals surface area (Å²) in [6.07, 6.45) is 10.6. The predicted molar refractivity (Wildman–Crippen MR) is 84.8 cm³/mol. The quantitative estimate of drug-likeness (QED) is 0.882. The van der Waals surface area contributed by atoms with Crippen LogP contribution in [0, 0.1) is 5.92 Å². The fraction of sp³-hybridized carbons (Fsp3) is 0.353. The number of allylic oxidation sites excluding steroid dienone is 2. The molecule has 0 saturated carbocycles. The standard InChI is InChI=1S/C17H20N4O/c1-21-15(10-16(20-21)14-8-5-9-18-11-14)12-19-17(22)13-6-3-2-4-7-13/h2-3,5,8-11,13H,4,6-7,12H2,1H3,(H,19,22)/t13-/m0/s1. The van der Waals surface area contributed by atoms with Gasteiger partial charge in [-0.25, -0.2) is 0 Å². The normalized spacial score (nSPS) is 17.4. The molecule has 1 amide bonds. The summed E-state index contributed by atoms with van der Waals surface area (Å²) in [5.41, 5.74) is 2.84. The molecule has 2 aromatic rings. The Morgan fingerprint density at radius 2 is 2.36 bits per heavy atom. The molecule has 2 heterocycles. The van der Waals surface area contributed by atoms with Crippen LogP contribution in [0.5, 0.6) is 0 Å². The minimum atomic E-state index is 0.107. The van der Waals surface area contributed by atoms with E-state index in [-0.39, 0.29) is 11.8 Å². The smallest absolute Gasteiger partial charge is 0.223 e. The zero-order chi connectivity index (χ0) is 15.4. The molecule has 5 heteroatoms. The van der Waals surface area contributed by atoms with Crippen molar-refractivity contribution in [1.82, 2.24) is 20.1 Å². The first-order valence-electron chi connectivity index (χ1n) is 7.60. The van der Waals surface area contributed by atoms with Crippen molar-refractivity contribution in [3.8, 4) is 11.3 Å². The van der Waals surface area contributed by atoms with Gasteiger partial charge in [0.15, 0.2) is 0 Å². The van der Waals surface area contributed by atoms with Crippen molar-refractivity contribution >= 4 is 5.91 Å². The van der Waals surface area contributed by atoms with Gasteiger partial charge in [-0.1, -0.05) is 12.2 Å². The summed E-state index contributed by atoms with van der Waals surface area (Å²) in [4.78, 5) is 16.3. The third-order valence-corrected chi connectivity index (χ3v) is 4.02. The van der Waals surface area contributed by atoms with Crippen LogP contribution in [-0.4, -0.2) is 20.7 Å². The molecule has 22 heavy (non-hydrogen) atoms. The Bertz CT molecular complexity index is 675. The Balaban J connectivity index is 1.64. The Morgan fingerprint density at radius 1 is 1.45 bits per heavy atom. The highest BCUT2D eigenvalue weighted by Crippen LogP contribution is 2.19. The second-order valence-corrected chi connectivity index (χ2v) is 5.59. The van der Waals surface area contributed by atoms with Crippen LogP contribution in [0.3, 0.4) is 0 Å². The van der Waals surface area contributed by atoms with E-state index in [4.69, 9.17) is 0 Å². The Kier molecular flexibility index (Phi) is 4.32. The molecule has 2 aromatic heterocycles. The summed E-state index contributed by atoms with van der Waals surface area (Å²) in [5.74, 6) is 0.240. The lowest BCUT2D eigenvalue weighted by Crippen LogP contribution is -2.31. The van der Waals surface area contributed by atoms with E-state index in [9.17, 15) is 4.79 Å². The van der Waals surface area contributed by atoms with Gasteiger partial charge >= 0.3 is 0 Å². The molecule has 0 aromatic carbocycles. The fourth-order valence-corrected chi connectivity index (χ4v) is 2.68. The van der Waals surface area contributed by atoms with Gasteiger partial charge in [0.05, 0.1) is 17.9 Å². The minimum Gasteiger partial charge on any atom is -0.350 e. The lowest BCUT2D eigenvalue weighted by Gasteiger charge is -2.17.